The number of aromatic hydroxyl groups is 1. The van der Waals surface area contributed by atoms with Crippen LogP contribution in [0, 0.1) is 0 Å². The molecule has 0 aliphatic heterocycles. The largest absolute Gasteiger partial charge is 0.506 e. The Kier molecular flexibility index (Phi) is 10.6. The molecule has 3 aromatic carbocycles. The van der Waals surface area contributed by atoms with E-state index < -0.39 is 21.7 Å². The van der Waals surface area contributed by atoms with Crippen LogP contribution in [0.4, 0.5) is 11.4 Å². The van der Waals surface area contributed by atoms with Gasteiger partial charge < -0.3 is 29.9 Å². The van der Waals surface area contributed by atoms with E-state index in [1.807, 2.05) is 19.0 Å². The summed E-state index contributed by atoms with van der Waals surface area (Å²) in [5.74, 6) is 0.649. The Bertz CT molecular complexity index is 1410. The highest BCUT2D eigenvalue weighted by Gasteiger charge is 2.35. The van der Waals surface area contributed by atoms with E-state index in [1.165, 1.54) is 18.2 Å². The van der Waals surface area contributed by atoms with Gasteiger partial charge in [0.15, 0.2) is 0 Å². The number of likely N-dealkylation sites (N-methyl/N-ethyl adjacent to an activating group) is 1. The number of hydrogen-bond acceptors (Lipinski definition) is 9. The van der Waals surface area contributed by atoms with Crippen molar-refractivity contribution in [1.29, 1.82) is 0 Å². The van der Waals surface area contributed by atoms with Crippen molar-refractivity contribution in [2.45, 2.75) is 18.6 Å². The maximum absolute atomic E-state index is 13.7. The molecule has 0 heterocycles. The van der Waals surface area contributed by atoms with E-state index in [4.69, 9.17) is 9.47 Å². The Morgan fingerprint density at radius 2 is 1.66 bits per heavy atom. The summed E-state index contributed by atoms with van der Waals surface area (Å²) in [5.41, 5.74) is 0.167. The minimum absolute atomic E-state index is 0.0612. The molecule has 0 spiro atoms. The van der Waals surface area contributed by atoms with E-state index in [9.17, 15) is 23.4 Å². The number of nitrogens with one attached hydrogen (secondary N) is 3. The highest BCUT2D eigenvalue weighted by Crippen LogP contribution is 2.30. The highest BCUT2D eigenvalue weighted by atomic mass is 32.2. The Morgan fingerprint density at radius 3 is 2.24 bits per heavy atom. The molecule has 0 fully saturated rings. The van der Waals surface area contributed by atoms with Crippen molar-refractivity contribution in [3.8, 4) is 17.2 Å². The van der Waals surface area contributed by atoms with Crippen molar-refractivity contribution in [3.05, 3.63) is 77.9 Å². The Morgan fingerprint density at radius 1 is 1.02 bits per heavy atom. The topological polar surface area (TPSA) is 149 Å². The number of amides is 1. The lowest BCUT2D eigenvalue weighted by atomic mass is 9.90. The van der Waals surface area contributed by atoms with Crippen molar-refractivity contribution in [2.24, 2.45) is 0 Å². The van der Waals surface area contributed by atoms with Crippen LogP contribution >= 0.6 is 0 Å². The van der Waals surface area contributed by atoms with Gasteiger partial charge in [-0.2, -0.15) is 0 Å². The van der Waals surface area contributed by atoms with Crippen LogP contribution in [0.15, 0.2) is 66.7 Å². The van der Waals surface area contributed by atoms with Crippen LogP contribution < -0.4 is 24.8 Å². The molecule has 41 heavy (non-hydrogen) atoms. The number of aliphatic hydroxyl groups excluding tert-OH is 1. The Balaban J connectivity index is 1.80. The smallest absolute Gasteiger partial charge is 0.249 e. The van der Waals surface area contributed by atoms with E-state index >= 15 is 0 Å². The van der Waals surface area contributed by atoms with Gasteiger partial charge in [0.2, 0.25) is 15.9 Å². The highest BCUT2D eigenvalue weighted by molar-refractivity contribution is 7.92. The fourth-order valence-electron chi connectivity index (χ4n) is 3.94. The Hall–Kier alpha value is -3.84. The normalized spacial score (nSPS) is 13.7. The summed E-state index contributed by atoms with van der Waals surface area (Å²) in [7, 11) is 1.83. The first-order valence-electron chi connectivity index (χ1n) is 12.9. The third-order valence-corrected chi connectivity index (χ3v) is 6.98. The second-order valence-corrected chi connectivity index (χ2v) is 11.8. The lowest BCUT2D eigenvalue weighted by Gasteiger charge is -2.31. The summed E-state index contributed by atoms with van der Waals surface area (Å²) < 4.78 is 36.5. The summed E-state index contributed by atoms with van der Waals surface area (Å²) in [6, 6.07) is 18.2. The number of phenolic OH excluding ortho intramolecular Hbond substituents is 1. The summed E-state index contributed by atoms with van der Waals surface area (Å²) in [6.45, 7) is 2.93. The second kappa shape index (κ2) is 13.7. The van der Waals surface area contributed by atoms with Crippen LogP contribution in [0.5, 0.6) is 17.2 Å². The molecule has 3 aromatic rings. The number of methoxy groups -OCH3 is 1. The van der Waals surface area contributed by atoms with Crippen LogP contribution in [0.2, 0.25) is 0 Å². The first kappa shape index (κ1) is 31.7. The zero-order valence-electron chi connectivity index (χ0n) is 23.8. The number of rotatable bonds is 14. The van der Waals surface area contributed by atoms with Gasteiger partial charge in [-0.05, 0) is 80.7 Å². The molecule has 1 unspecified atom stereocenters. The number of benzene rings is 3. The van der Waals surface area contributed by atoms with Gasteiger partial charge in [-0.15, -0.1) is 0 Å². The van der Waals surface area contributed by atoms with E-state index in [-0.39, 0.29) is 23.9 Å². The third kappa shape index (κ3) is 9.08. The number of aliphatic hydroxyl groups is 1. The van der Waals surface area contributed by atoms with Gasteiger partial charge in [-0.3, -0.25) is 14.8 Å². The number of ether oxygens (including phenoxy) is 2. The van der Waals surface area contributed by atoms with Gasteiger partial charge in [-0.1, -0.05) is 18.2 Å². The SMILES string of the molecule is COc1ccc(C(C)(NC[C@@H](O)c2ccc(O)c(NS(C)(=O)=O)c2)C(=O)Nc2ccc(OCCN(C)C)cc2)cc1. The molecule has 0 aliphatic rings. The molecule has 0 bridgehead atoms. The van der Waals surface area contributed by atoms with Gasteiger partial charge >= 0.3 is 0 Å². The molecule has 12 heteroatoms. The molecule has 2 atom stereocenters. The van der Waals surface area contributed by atoms with Crippen LogP contribution in [0.1, 0.15) is 24.2 Å². The molecule has 0 radical (unpaired) electrons. The van der Waals surface area contributed by atoms with Crippen LogP contribution in [-0.4, -0.2) is 76.6 Å². The standard InChI is InChI=1S/C29H38N4O7S/c1-29(21-7-11-23(39-4)12-8-21,28(36)31-22-9-13-24(14-10-22)40-17-16-33(2)3)30-19-27(35)20-6-15-26(34)25(18-20)32-41(5,37)38/h6-15,18,27,30,32,34-35H,16-17,19H2,1-5H3,(H,31,36)/t27-,29?/m1/s1. The van der Waals surface area contributed by atoms with Crippen molar-refractivity contribution in [1.82, 2.24) is 10.2 Å². The predicted octanol–water partition coefficient (Wildman–Crippen LogP) is 2.89. The number of anilines is 2. The van der Waals surface area contributed by atoms with Crippen molar-refractivity contribution in [2.75, 3.05) is 57.2 Å². The summed E-state index contributed by atoms with van der Waals surface area (Å²) in [4.78, 5) is 15.7. The molecule has 222 valence electrons. The molecule has 11 nitrogen and oxygen atoms in total. The molecular formula is C29H38N4O7S. The molecule has 0 aliphatic carbocycles. The predicted molar refractivity (Wildman–Crippen MR) is 159 cm³/mol. The molecule has 1 amide bonds. The number of carbonyl (C=O) groups is 1. The molecule has 3 rings (SSSR count). The van der Waals surface area contributed by atoms with Gasteiger partial charge in [0.05, 0.1) is 25.2 Å². The molecule has 0 saturated carbocycles. The maximum atomic E-state index is 13.7. The number of nitrogens with zero attached hydrogens (tertiary/aromatic N) is 1. The Labute approximate surface area is 241 Å². The maximum Gasteiger partial charge on any atom is 0.249 e. The average molecular weight is 587 g/mol. The summed E-state index contributed by atoms with van der Waals surface area (Å²) >= 11 is 0. The number of hydrogen-bond donors (Lipinski definition) is 5. The summed E-state index contributed by atoms with van der Waals surface area (Å²) in [5, 5.41) is 27.1. The van der Waals surface area contributed by atoms with E-state index in [0.717, 1.165) is 12.8 Å². The molecule has 0 aromatic heterocycles. The molecule has 5 N–H and O–H groups in total. The zero-order valence-corrected chi connectivity index (χ0v) is 24.7. The summed E-state index contributed by atoms with van der Waals surface area (Å²) in [6.07, 6.45) is -0.179. The van der Waals surface area contributed by atoms with Crippen molar-refractivity contribution < 1.29 is 32.9 Å². The third-order valence-electron chi connectivity index (χ3n) is 6.39. The average Bonchev–Trinajstić information content (AvgIpc) is 2.92. The van der Waals surface area contributed by atoms with Crippen LogP contribution in [-0.2, 0) is 20.4 Å². The first-order chi connectivity index (χ1) is 19.3. The monoisotopic (exact) mass is 586 g/mol. The lowest BCUT2D eigenvalue weighted by Crippen LogP contribution is -2.50. The quantitative estimate of drug-likeness (QED) is 0.180. The number of sulfonamides is 1. The first-order valence-corrected chi connectivity index (χ1v) is 14.8. The van der Waals surface area contributed by atoms with Crippen LogP contribution in [0.3, 0.4) is 0 Å². The van der Waals surface area contributed by atoms with Gasteiger partial charge in [0.25, 0.3) is 0 Å². The lowest BCUT2D eigenvalue weighted by molar-refractivity contribution is -0.122. The van der Waals surface area contributed by atoms with Crippen LogP contribution in [0.25, 0.3) is 0 Å². The minimum Gasteiger partial charge on any atom is -0.506 e. The fourth-order valence-corrected chi connectivity index (χ4v) is 4.50. The molecule has 0 saturated heterocycles. The zero-order chi connectivity index (χ0) is 30.2. The fraction of sp³-hybridized carbons (Fsp3) is 0.345. The van der Waals surface area contributed by atoms with E-state index in [2.05, 4.69) is 15.4 Å². The van der Waals surface area contributed by atoms with Gasteiger partial charge in [-0.25, -0.2) is 8.42 Å². The van der Waals surface area contributed by atoms with Crippen molar-refractivity contribution in [3.63, 3.8) is 0 Å². The van der Waals surface area contributed by atoms with Gasteiger partial charge in [0.1, 0.15) is 29.4 Å². The van der Waals surface area contributed by atoms with E-state index in [1.54, 1.807) is 62.6 Å². The minimum atomic E-state index is -3.65. The van der Waals surface area contributed by atoms with Crippen molar-refractivity contribution >= 4 is 27.3 Å². The second-order valence-electron chi connectivity index (χ2n) is 10.0. The number of carbonyl (C=O) groups excluding carboxylic acids is 1. The van der Waals surface area contributed by atoms with E-state index in [0.29, 0.717) is 34.9 Å². The number of phenols is 1. The van der Waals surface area contributed by atoms with Gasteiger partial charge in [0, 0.05) is 18.8 Å². The molecular weight excluding hydrogens is 548 g/mol.